The van der Waals surface area contributed by atoms with Gasteiger partial charge in [0.25, 0.3) is 0 Å². The molecule has 0 aliphatic rings. The molecular formula is C12H13NO. The number of pyridine rings is 1. The summed E-state index contributed by atoms with van der Waals surface area (Å²) in [4.78, 5) is 14.9. The molecule has 0 unspecified atom stereocenters. The topological polar surface area (TPSA) is 32.9 Å². The highest BCUT2D eigenvalue weighted by atomic mass is 16.1. The molecule has 72 valence electrons. The van der Waals surface area contributed by atoms with E-state index >= 15 is 0 Å². The quantitative estimate of drug-likeness (QED) is 0.730. The summed E-state index contributed by atoms with van der Waals surface area (Å²) in [5, 5.41) is 0.796. The molecule has 0 radical (unpaired) electrons. The Bertz CT molecular complexity index is 525. The fraction of sp³-hybridized carbons (Fsp3) is 0.250. The standard InChI is InChI=1S/C12H13NO/c1-3-9-4-5-11-10(6-9)12(14)8(2)7-13-11/h4-7H,3H2,1-2H3,(H,13,14). The van der Waals surface area contributed by atoms with E-state index in [9.17, 15) is 4.79 Å². The van der Waals surface area contributed by atoms with Crippen molar-refractivity contribution in [1.82, 2.24) is 4.98 Å². The highest BCUT2D eigenvalue weighted by Gasteiger charge is 2.01. The Morgan fingerprint density at radius 2 is 2.14 bits per heavy atom. The molecule has 0 saturated carbocycles. The Hall–Kier alpha value is -1.57. The molecule has 2 heteroatoms. The maximum Gasteiger partial charge on any atom is 0.192 e. The predicted molar refractivity (Wildman–Crippen MR) is 58.7 cm³/mol. The maximum atomic E-state index is 11.8. The minimum Gasteiger partial charge on any atom is -0.361 e. The van der Waals surface area contributed by atoms with Crippen molar-refractivity contribution in [3.63, 3.8) is 0 Å². The summed E-state index contributed by atoms with van der Waals surface area (Å²) < 4.78 is 0. The molecule has 0 fully saturated rings. The van der Waals surface area contributed by atoms with E-state index in [-0.39, 0.29) is 5.43 Å². The van der Waals surface area contributed by atoms with Crippen LogP contribution in [-0.2, 0) is 6.42 Å². The van der Waals surface area contributed by atoms with Crippen molar-refractivity contribution in [1.29, 1.82) is 0 Å². The number of hydrogen-bond acceptors (Lipinski definition) is 1. The molecule has 2 nitrogen and oxygen atoms in total. The number of benzene rings is 1. The van der Waals surface area contributed by atoms with Gasteiger partial charge in [0.15, 0.2) is 5.43 Å². The summed E-state index contributed by atoms with van der Waals surface area (Å²) in [6, 6.07) is 5.99. The molecule has 1 aromatic carbocycles. The molecule has 0 atom stereocenters. The maximum absolute atomic E-state index is 11.8. The highest BCUT2D eigenvalue weighted by molar-refractivity contribution is 5.79. The lowest BCUT2D eigenvalue weighted by Gasteiger charge is -2.01. The number of hydrogen-bond donors (Lipinski definition) is 1. The average Bonchev–Trinajstić information content (AvgIpc) is 2.23. The molecule has 0 bridgehead atoms. The van der Waals surface area contributed by atoms with Crippen LogP contribution in [0.2, 0.25) is 0 Å². The minimum atomic E-state index is 0.133. The van der Waals surface area contributed by atoms with Gasteiger partial charge in [-0.15, -0.1) is 0 Å². The van der Waals surface area contributed by atoms with E-state index in [1.807, 2.05) is 25.1 Å². The second kappa shape index (κ2) is 3.29. The Labute approximate surface area is 82.6 Å². The van der Waals surface area contributed by atoms with Crippen molar-refractivity contribution in [3.8, 4) is 0 Å². The lowest BCUT2D eigenvalue weighted by molar-refractivity contribution is 1.14. The van der Waals surface area contributed by atoms with Crippen molar-refractivity contribution >= 4 is 10.9 Å². The molecule has 2 rings (SSSR count). The van der Waals surface area contributed by atoms with Crippen LogP contribution in [0, 0.1) is 6.92 Å². The zero-order chi connectivity index (χ0) is 10.1. The second-order valence-corrected chi connectivity index (χ2v) is 3.53. The van der Waals surface area contributed by atoms with Gasteiger partial charge in [-0.05, 0) is 31.0 Å². The third kappa shape index (κ3) is 1.33. The van der Waals surface area contributed by atoms with Crippen LogP contribution in [0.3, 0.4) is 0 Å². The van der Waals surface area contributed by atoms with E-state index in [1.165, 1.54) is 5.56 Å². The van der Waals surface area contributed by atoms with Gasteiger partial charge in [-0.1, -0.05) is 13.0 Å². The third-order valence-corrected chi connectivity index (χ3v) is 2.54. The molecule has 14 heavy (non-hydrogen) atoms. The molecule has 0 amide bonds. The van der Waals surface area contributed by atoms with Crippen LogP contribution < -0.4 is 5.43 Å². The van der Waals surface area contributed by atoms with Crippen LogP contribution in [0.1, 0.15) is 18.1 Å². The summed E-state index contributed by atoms with van der Waals surface area (Å²) in [6.45, 7) is 3.92. The smallest absolute Gasteiger partial charge is 0.192 e. The largest absolute Gasteiger partial charge is 0.361 e. The summed E-state index contributed by atoms with van der Waals surface area (Å²) in [7, 11) is 0. The van der Waals surface area contributed by atoms with Crippen LogP contribution >= 0.6 is 0 Å². The second-order valence-electron chi connectivity index (χ2n) is 3.53. The monoisotopic (exact) mass is 187 g/mol. The van der Waals surface area contributed by atoms with Crippen LogP contribution in [0.5, 0.6) is 0 Å². The summed E-state index contributed by atoms with van der Waals surface area (Å²) in [6.07, 6.45) is 2.72. The predicted octanol–water partition coefficient (Wildman–Crippen LogP) is 2.40. The van der Waals surface area contributed by atoms with Crippen LogP contribution in [0.25, 0.3) is 10.9 Å². The lowest BCUT2D eigenvalue weighted by Crippen LogP contribution is -2.06. The number of aromatic amines is 1. The summed E-state index contributed by atoms with van der Waals surface area (Å²) in [5.74, 6) is 0. The van der Waals surface area contributed by atoms with Gasteiger partial charge < -0.3 is 4.98 Å². The van der Waals surface area contributed by atoms with Gasteiger partial charge in [0, 0.05) is 22.7 Å². The van der Waals surface area contributed by atoms with Gasteiger partial charge >= 0.3 is 0 Å². The van der Waals surface area contributed by atoms with E-state index in [1.54, 1.807) is 6.20 Å². The van der Waals surface area contributed by atoms with E-state index in [0.717, 1.165) is 22.9 Å². The van der Waals surface area contributed by atoms with Crippen molar-refractivity contribution in [2.24, 2.45) is 0 Å². The normalized spacial score (nSPS) is 10.7. The molecular weight excluding hydrogens is 174 g/mol. The Kier molecular flexibility index (Phi) is 2.12. The van der Waals surface area contributed by atoms with Crippen molar-refractivity contribution in [2.75, 3.05) is 0 Å². The van der Waals surface area contributed by atoms with Crippen molar-refractivity contribution in [3.05, 3.63) is 45.7 Å². The molecule has 0 spiro atoms. The lowest BCUT2D eigenvalue weighted by atomic mass is 10.1. The Balaban J connectivity index is 2.85. The SMILES string of the molecule is CCc1ccc2[nH]cc(C)c(=O)c2c1. The molecule has 0 aliphatic heterocycles. The molecule has 1 N–H and O–H groups in total. The molecule has 1 heterocycles. The first-order valence-electron chi connectivity index (χ1n) is 4.83. The number of fused-ring (bicyclic) bond motifs is 1. The minimum absolute atomic E-state index is 0.133. The van der Waals surface area contributed by atoms with E-state index in [2.05, 4.69) is 11.9 Å². The molecule has 2 aromatic rings. The number of aryl methyl sites for hydroxylation is 2. The average molecular weight is 187 g/mol. The Morgan fingerprint density at radius 3 is 2.86 bits per heavy atom. The zero-order valence-electron chi connectivity index (χ0n) is 8.42. The first-order chi connectivity index (χ1) is 6.72. The fourth-order valence-corrected chi connectivity index (χ4v) is 1.59. The van der Waals surface area contributed by atoms with Gasteiger partial charge in [-0.25, -0.2) is 0 Å². The van der Waals surface area contributed by atoms with Crippen LogP contribution in [-0.4, -0.2) is 4.98 Å². The molecule has 0 saturated heterocycles. The van der Waals surface area contributed by atoms with Gasteiger partial charge in [0.1, 0.15) is 0 Å². The first kappa shape index (κ1) is 9.00. The third-order valence-electron chi connectivity index (χ3n) is 2.54. The van der Waals surface area contributed by atoms with E-state index < -0.39 is 0 Å². The zero-order valence-corrected chi connectivity index (χ0v) is 8.42. The Morgan fingerprint density at radius 1 is 1.36 bits per heavy atom. The summed E-state index contributed by atoms with van der Waals surface area (Å²) in [5.41, 5.74) is 3.02. The van der Waals surface area contributed by atoms with Crippen molar-refractivity contribution in [2.45, 2.75) is 20.3 Å². The number of nitrogens with one attached hydrogen (secondary N) is 1. The fourth-order valence-electron chi connectivity index (χ4n) is 1.59. The van der Waals surface area contributed by atoms with Gasteiger partial charge in [0.2, 0.25) is 0 Å². The van der Waals surface area contributed by atoms with Gasteiger partial charge in [0.05, 0.1) is 0 Å². The van der Waals surface area contributed by atoms with Gasteiger partial charge in [-0.3, -0.25) is 4.79 Å². The van der Waals surface area contributed by atoms with Crippen molar-refractivity contribution < 1.29 is 0 Å². The number of rotatable bonds is 1. The molecule has 0 aliphatic carbocycles. The van der Waals surface area contributed by atoms with E-state index in [4.69, 9.17) is 0 Å². The van der Waals surface area contributed by atoms with E-state index in [0.29, 0.717) is 0 Å². The number of H-pyrrole nitrogens is 1. The molecule has 1 aromatic heterocycles. The van der Waals surface area contributed by atoms with Crippen LogP contribution in [0.4, 0.5) is 0 Å². The first-order valence-corrected chi connectivity index (χ1v) is 4.83. The number of aromatic nitrogens is 1. The summed E-state index contributed by atoms with van der Waals surface area (Å²) >= 11 is 0. The van der Waals surface area contributed by atoms with Gasteiger partial charge in [-0.2, -0.15) is 0 Å². The van der Waals surface area contributed by atoms with Crippen LogP contribution in [0.15, 0.2) is 29.2 Å². The highest BCUT2D eigenvalue weighted by Crippen LogP contribution is 2.11.